The highest BCUT2D eigenvalue weighted by molar-refractivity contribution is 7.16. The summed E-state index contributed by atoms with van der Waals surface area (Å²) in [5.74, 6) is -1.82. The molecule has 2 aliphatic rings. The lowest BCUT2D eigenvalue weighted by molar-refractivity contribution is 0.0874. The third kappa shape index (κ3) is 2.39. The average molecular weight is 459 g/mol. The Balaban J connectivity index is 1.59. The van der Waals surface area contributed by atoms with Gasteiger partial charge in [0.05, 0.1) is 0 Å². The summed E-state index contributed by atoms with van der Waals surface area (Å²) in [6.07, 6.45) is 0. The van der Waals surface area contributed by atoms with Gasteiger partial charge in [0.15, 0.2) is 0 Å². The second-order valence-corrected chi connectivity index (χ2v) is 10.3. The lowest BCUT2D eigenvalue weighted by atomic mass is 9.86. The summed E-state index contributed by atoms with van der Waals surface area (Å²) in [7, 11) is 0. The van der Waals surface area contributed by atoms with Gasteiger partial charge in [-0.3, -0.25) is 19.2 Å². The third-order valence-electron chi connectivity index (χ3n) is 5.79. The summed E-state index contributed by atoms with van der Waals surface area (Å²) in [6, 6.07) is 13.5. The maximum Gasteiger partial charge on any atom is 0.266 e. The summed E-state index contributed by atoms with van der Waals surface area (Å²) >= 11 is 2.72. The molecule has 0 radical (unpaired) electrons. The number of rotatable bonds is 2. The number of aryl methyl sites for hydroxylation is 2. The first-order chi connectivity index (χ1) is 15.4. The molecule has 2 aliphatic heterocycles. The molecule has 2 aromatic carbocycles. The van der Waals surface area contributed by atoms with E-state index in [-0.39, 0.29) is 0 Å². The number of imide groups is 2. The maximum absolute atomic E-state index is 13.3. The van der Waals surface area contributed by atoms with Crippen molar-refractivity contribution in [2.24, 2.45) is 0 Å². The highest BCUT2D eigenvalue weighted by atomic mass is 32.1. The van der Waals surface area contributed by atoms with Gasteiger partial charge in [-0.1, -0.05) is 0 Å². The van der Waals surface area contributed by atoms with Crippen LogP contribution in [-0.2, 0) is 0 Å². The van der Waals surface area contributed by atoms with E-state index in [9.17, 15) is 19.2 Å². The predicted molar refractivity (Wildman–Crippen MR) is 124 cm³/mol. The Labute approximate surface area is 190 Å². The van der Waals surface area contributed by atoms with Crippen LogP contribution in [0.5, 0.6) is 0 Å². The quantitative estimate of drug-likeness (QED) is 0.388. The van der Waals surface area contributed by atoms with Gasteiger partial charge in [0.25, 0.3) is 23.6 Å². The van der Waals surface area contributed by atoms with Crippen molar-refractivity contribution in [2.75, 3.05) is 9.80 Å². The molecule has 2 aromatic heterocycles. The fraction of sp³-hybridized carbons (Fsp3) is 0.0833. The molecule has 0 saturated carbocycles. The van der Waals surface area contributed by atoms with Crippen molar-refractivity contribution in [1.82, 2.24) is 0 Å². The molecule has 0 aliphatic carbocycles. The highest BCUT2D eigenvalue weighted by Crippen LogP contribution is 2.41. The van der Waals surface area contributed by atoms with E-state index in [1.165, 1.54) is 32.5 Å². The van der Waals surface area contributed by atoms with Gasteiger partial charge in [0.2, 0.25) is 0 Å². The summed E-state index contributed by atoms with van der Waals surface area (Å²) in [4.78, 5) is 57.7. The number of thiophene rings is 2. The largest absolute Gasteiger partial charge is 0.268 e. The molecular formula is C24H14N2O4S2. The normalized spacial score (nSPS) is 15.3. The molecule has 8 heteroatoms. The van der Waals surface area contributed by atoms with E-state index in [4.69, 9.17) is 0 Å². The Kier molecular flexibility index (Phi) is 3.84. The van der Waals surface area contributed by atoms with E-state index in [1.807, 2.05) is 26.0 Å². The molecule has 6 rings (SSSR count). The fourth-order valence-electron chi connectivity index (χ4n) is 4.36. The fourth-order valence-corrected chi connectivity index (χ4v) is 6.08. The van der Waals surface area contributed by atoms with Crippen molar-refractivity contribution < 1.29 is 19.2 Å². The second kappa shape index (κ2) is 6.44. The summed E-state index contributed by atoms with van der Waals surface area (Å²) in [6.45, 7) is 3.81. The van der Waals surface area contributed by atoms with Crippen LogP contribution in [0.4, 0.5) is 10.0 Å². The van der Waals surface area contributed by atoms with Crippen molar-refractivity contribution in [1.29, 1.82) is 0 Å². The molecule has 0 saturated heterocycles. The van der Waals surface area contributed by atoms with Gasteiger partial charge in [0.1, 0.15) is 10.0 Å². The number of carbonyl (C=O) groups excluding carboxylic acids is 4. The Bertz CT molecular complexity index is 1360. The molecule has 6 nitrogen and oxygen atoms in total. The number of benzene rings is 2. The van der Waals surface area contributed by atoms with Gasteiger partial charge >= 0.3 is 0 Å². The standard InChI is InChI=1S/C24H14N2O4S2/c1-11-3-9-17(31-11)25-21(27)13-5-7-15-20-16(8-6-14(19(13)20)22(25)28)24(30)26(23(15)29)18-10-4-12(2)32-18/h3-10H,1-2H3. The van der Waals surface area contributed by atoms with Crippen LogP contribution >= 0.6 is 22.7 Å². The molecule has 0 N–H and O–H groups in total. The van der Waals surface area contributed by atoms with Crippen LogP contribution in [0.1, 0.15) is 51.2 Å². The lowest BCUT2D eigenvalue weighted by Crippen LogP contribution is -2.43. The predicted octanol–water partition coefficient (Wildman–Crippen LogP) is 5.18. The number of nitrogens with zero attached hydrogens (tertiary/aromatic N) is 2. The minimum atomic E-state index is -0.454. The lowest BCUT2D eigenvalue weighted by Gasteiger charge is -2.31. The van der Waals surface area contributed by atoms with Crippen molar-refractivity contribution in [3.8, 4) is 0 Å². The number of amides is 4. The molecule has 0 bridgehead atoms. The Morgan fingerprint density at radius 2 is 0.812 bits per heavy atom. The molecule has 4 heterocycles. The van der Waals surface area contributed by atoms with Gasteiger partial charge in [0, 0.05) is 42.8 Å². The summed E-state index contributed by atoms with van der Waals surface area (Å²) in [5, 5.41) is 1.84. The Morgan fingerprint density at radius 3 is 1.06 bits per heavy atom. The molecule has 0 atom stereocenters. The van der Waals surface area contributed by atoms with E-state index in [1.54, 1.807) is 36.4 Å². The first-order valence-electron chi connectivity index (χ1n) is 9.87. The maximum atomic E-state index is 13.3. The van der Waals surface area contributed by atoms with Gasteiger partial charge in [-0.05, 0) is 62.4 Å². The van der Waals surface area contributed by atoms with Crippen LogP contribution in [0.2, 0.25) is 0 Å². The van der Waals surface area contributed by atoms with Crippen molar-refractivity contribution in [2.45, 2.75) is 13.8 Å². The zero-order valence-electron chi connectivity index (χ0n) is 17.0. The number of hydrogen-bond donors (Lipinski definition) is 0. The second-order valence-electron chi connectivity index (χ2n) is 7.73. The number of anilines is 2. The van der Waals surface area contributed by atoms with Crippen molar-refractivity contribution in [3.63, 3.8) is 0 Å². The van der Waals surface area contributed by atoms with Crippen molar-refractivity contribution in [3.05, 3.63) is 80.5 Å². The monoisotopic (exact) mass is 458 g/mol. The topological polar surface area (TPSA) is 74.8 Å². The van der Waals surface area contributed by atoms with Crippen LogP contribution in [0.25, 0.3) is 10.8 Å². The van der Waals surface area contributed by atoms with E-state index in [0.29, 0.717) is 43.0 Å². The van der Waals surface area contributed by atoms with Crippen molar-refractivity contribution >= 4 is 67.1 Å². The van der Waals surface area contributed by atoms with Crippen LogP contribution < -0.4 is 9.80 Å². The minimum absolute atomic E-state index is 0.312. The molecule has 156 valence electrons. The summed E-state index contributed by atoms with van der Waals surface area (Å²) in [5.41, 5.74) is 1.25. The van der Waals surface area contributed by atoms with Gasteiger partial charge in [-0.15, -0.1) is 22.7 Å². The average Bonchev–Trinajstić information content (AvgIpc) is 3.39. The van der Waals surface area contributed by atoms with Crippen LogP contribution in [-0.4, -0.2) is 23.6 Å². The van der Waals surface area contributed by atoms with Crippen LogP contribution in [0.15, 0.2) is 48.5 Å². The zero-order valence-corrected chi connectivity index (χ0v) is 18.6. The first kappa shape index (κ1) is 19.1. The van der Waals surface area contributed by atoms with Crippen LogP contribution in [0, 0.1) is 13.8 Å². The van der Waals surface area contributed by atoms with Gasteiger partial charge < -0.3 is 0 Å². The molecule has 32 heavy (non-hydrogen) atoms. The van der Waals surface area contributed by atoms with Gasteiger partial charge in [-0.2, -0.15) is 0 Å². The third-order valence-corrected chi connectivity index (χ3v) is 7.76. The molecule has 0 spiro atoms. The molecule has 0 unspecified atom stereocenters. The van der Waals surface area contributed by atoms with Crippen LogP contribution in [0.3, 0.4) is 0 Å². The number of hydrogen-bond acceptors (Lipinski definition) is 6. The summed E-state index contributed by atoms with van der Waals surface area (Å²) < 4.78 is 0. The smallest absolute Gasteiger partial charge is 0.266 e. The minimum Gasteiger partial charge on any atom is -0.268 e. The van der Waals surface area contributed by atoms with E-state index in [0.717, 1.165) is 9.75 Å². The van der Waals surface area contributed by atoms with Gasteiger partial charge in [-0.25, -0.2) is 9.80 Å². The zero-order chi connectivity index (χ0) is 22.3. The van der Waals surface area contributed by atoms with E-state index in [2.05, 4.69) is 0 Å². The molecular weight excluding hydrogens is 444 g/mol. The molecule has 4 aromatic rings. The Hall–Kier alpha value is -3.62. The molecule has 0 fully saturated rings. The first-order valence-corrected chi connectivity index (χ1v) is 11.5. The number of carbonyl (C=O) groups is 4. The highest BCUT2D eigenvalue weighted by Gasteiger charge is 2.41. The van der Waals surface area contributed by atoms with E-state index >= 15 is 0 Å². The SMILES string of the molecule is Cc1ccc(N2C(=O)c3ccc4c5c(ccc(c35)C2=O)C(=O)N(c2ccc(C)s2)C4=O)s1. The van der Waals surface area contributed by atoms with E-state index < -0.39 is 23.6 Å². The molecule has 4 amide bonds. The Morgan fingerprint density at radius 1 is 0.500 bits per heavy atom.